The molecule has 0 aromatic carbocycles. The lowest BCUT2D eigenvalue weighted by Gasteiger charge is -2.29. The van der Waals surface area contributed by atoms with Crippen LogP contribution in [0.5, 0.6) is 0 Å². The zero-order valence-corrected chi connectivity index (χ0v) is 9.75. The molecule has 3 heteroatoms. The molecule has 1 fully saturated rings. The Morgan fingerprint density at radius 3 is 2.50 bits per heavy atom. The van der Waals surface area contributed by atoms with Gasteiger partial charge in [-0.05, 0) is 39.8 Å². The van der Waals surface area contributed by atoms with Crippen molar-refractivity contribution in [1.29, 1.82) is 0 Å². The summed E-state index contributed by atoms with van der Waals surface area (Å²) in [7, 11) is 2.21. The number of rotatable bonds is 3. The van der Waals surface area contributed by atoms with Gasteiger partial charge in [-0.15, -0.1) is 0 Å². The number of hydrogen-bond donors (Lipinski definition) is 1. The second kappa shape index (κ2) is 9.00. The quantitative estimate of drug-likeness (QED) is 0.555. The summed E-state index contributed by atoms with van der Waals surface area (Å²) < 4.78 is 0. The summed E-state index contributed by atoms with van der Waals surface area (Å²) in [6.07, 6.45) is 5.96. The first-order chi connectivity index (χ1) is 6.72. The number of carbonyl (C=O) groups excluding carboxylic acids is 1. The number of likely N-dealkylation sites (tertiary alicyclic amines) is 1. The Kier molecular flexibility index (Phi) is 8.64. The lowest BCUT2D eigenvalue weighted by molar-refractivity contribution is -0.109. The Morgan fingerprint density at radius 1 is 1.50 bits per heavy atom. The smallest absolute Gasteiger partial charge is 0.207 e. The molecule has 0 unspecified atom stereocenters. The molecule has 1 aliphatic heterocycles. The van der Waals surface area contributed by atoms with Crippen LogP contribution in [0.3, 0.4) is 0 Å². The molecule has 1 atom stereocenters. The number of amides is 1. The van der Waals surface area contributed by atoms with Gasteiger partial charge in [0.25, 0.3) is 0 Å². The van der Waals surface area contributed by atoms with Gasteiger partial charge < -0.3 is 10.2 Å². The number of nitrogens with zero attached hydrogens (tertiary/aromatic N) is 1. The Morgan fingerprint density at radius 2 is 2.21 bits per heavy atom. The third kappa shape index (κ3) is 6.89. The molecule has 1 aliphatic rings. The average molecular weight is 200 g/mol. The molecule has 0 aromatic rings. The van der Waals surface area contributed by atoms with Crippen LogP contribution in [-0.4, -0.2) is 37.5 Å². The van der Waals surface area contributed by atoms with Crippen molar-refractivity contribution >= 4 is 6.41 Å². The molecule has 3 nitrogen and oxygen atoms in total. The van der Waals surface area contributed by atoms with Crippen LogP contribution in [0.1, 0.15) is 39.5 Å². The fourth-order valence-corrected chi connectivity index (χ4v) is 1.44. The summed E-state index contributed by atoms with van der Waals surface area (Å²) >= 11 is 0. The summed E-state index contributed by atoms with van der Waals surface area (Å²) in [4.78, 5) is 11.9. The minimum atomic E-state index is 0.712. The Hall–Kier alpha value is -0.570. The van der Waals surface area contributed by atoms with Crippen LogP contribution < -0.4 is 5.32 Å². The largest absolute Gasteiger partial charge is 0.359 e. The molecule has 1 amide bonds. The van der Waals surface area contributed by atoms with Gasteiger partial charge in [-0.25, -0.2) is 0 Å². The molecule has 84 valence electrons. The van der Waals surface area contributed by atoms with E-state index in [1.807, 2.05) is 6.92 Å². The lowest BCUT2D eigenvalue weighted by Crippen LogP contribution is -2.33. The van der Waals surface area contributed by atoms with Crippen LogP contribution in [0.15, 0.2) is 0 Å². The predicted molar refractivity (Wildman–Crippen MR) is 60.3 cm³/mol. The first kappa shape index (κ1) is 13.4. The van der Waals surface area contributed by atoms with E-state index in [1.165, 1.54) is 25.8 Å². The number of piperidine rings is 1. The molecule has 1 rings (SSSR count). The van der Waals surface area contributed by atoms with E-state index in [-0.39, 0.29) is 0 Å². The van der Waals surface area contributed by atoms with E-state index in [4.69, 9.17) is 0 Å². The van der Waals surface area contributed by atoms with Gasteiger partial charge in [0.15, 0.2) is 0 Å². The molecule has 1 saturated heterocycles. The van der Waals surface area contributed by atoms with Crippen molar-refractivity contribution in [1.82, 2.24) is 10.2 Å². The SMILES string of the molecule is CCCNC=O.C[C@@H]1CCCCN1C. The highest BCUT2D eigenvalue weighted by molar-refractivity contribution is 5.45. The molecule has 0 radical (unpaired) electrons. The summed E-state index contributed by atoms with van der Waals surface area (Å²) in [5, 5.41) is 2.52. The van der Waals surface area contributed by atoms with Crippen LogP contribution in [0, 0.1) is 0 Å². The third-order valence-corrected chi connectivity index (χ3v) is 2.61. The molecule has 0 saturated carbocycles. The molecule has 1 heterocycles. The van der Waals surface area contributed by atoms with E-state index in [0.717, 1.165) is 19.0 Å². The van der Waals surface area contributed by atoms with Gasteiger partial charge in [-0.1, -0.05) is 13.3 Å². The van der Waals surface area contributed by atoms with Gasteiger partial charge >= 0.3 is 0 Å². The molecular formula is C11H24N2O. The topological polar surface area (TPSA) is 32.3 Å². The van der Waals surface area contributed by atoms with Crippen LogP contribution >= 0.6 is 0 Å². The van der Waals surface area contributed by atoms with Crippen LogP contribution in [0.25, 0.3) is 0 Å². The summed E-state index contributed by atoms with van der Waals surface area (Å²) in [5.41, 5.74) is 0. The Balaban J connectivity index is 0.000000255. The Labute approximate surface area is 87.9 Å². The molecule has 0 spiro atoms. The van der Waals surface area contributed by atoms with Crippen LogP contribution in [-0.2, 0) is 4.79 Å². The minimum Gasteiger partial charge on any atom is -0.359 e. The van der Waals surface area contributed by atoms with Crippen LogP contribution in [0.4, 0.5) is 0 Å². The predicted octanol–water partition coefficient (Wildman–Crippen LogP) is 1.63. The van der Waals surface area contributed by atoms with Gasteiger partial charge in [0.05, 0.1) is 0 Å². The summed E-state index contributed by atoms with van der Waals surface area (Å²) in [6, 6.07) is 0.837. The van der Waals surface area contributed by atoms with Gasteiger partial charge in [-0.2, -0.15) is 0 Å². The standard InChI is InChI=1S/C7H15N.C4H9NO/c1-7-5-3-4-6-8(7)2;1-2-3-5-4-6/h7H,3-6H2,1-2H3;4H,2-3H2,1H3,(H,5,6)/t7-;/m1./s1. The molecule has 0 aromatic heterocycles. The first-order valence-corrected chi connectivity index (χ1v) is 5.59. The highest BCUT2D eigenvalue weighted by atomic mass is 16.1. The van der Waals surface area contributed by atoms with E-state index in [0.29, 0.717) is 6.41 Å². The van der Waals surface area contributed by atoms with Gasteiger partial charge in [0.2, 0.25) is 6.41 Å². The van der Waals surface area contributed by atoms with Crippen molar-refractivity contribution in [2.45, 2.75) is 45.6 Å². The number of nitrogens with one attached hydrogen (secondary N) is 1. The summed E-state index contributed by atoms with van der Waals surface area (Å²) in [5.74, 6) is 0. The maximum atomic E-state index is 9.45. The maximum absolute atomic E-state index is 9.45. The molecule has 0 aliphatic carbocycles. The van der Waals surface area contributed by atoms with Gasteiger partial charge in [-0.3, -0.25) is 4.79 Å². The zero-order valence-electron chi connectivity index (χ0n) is 9.75. The van der Waals surface area contributed by atoms with E-state index in [1.54, 1.807) is 0 Å². The third-order valence-electron chi connectivity index (χ3n) is 2.61. The molecular weight excluding hydrogens is 176 g/mol. The normalized spacial score (nSPS) is 22.1. The second-order valence-electron chi connectivity index (χ2n) is 3.90. The highest BCUT2D eigenvalue weighted by Crippen LogP contribution is 2.13. The van der Waals surface area contributed by atoms with Crippen molar-refractivity contribution in [3.63, 3.8) is 0 Å². The number of hydrogen-bond acceptors (Lipinski definition) is 2. The van der Waals surface area contributed by atoms with Crippen molar-refractivity contribution in [2.75, 3.05) is 20.1 Å². The van der Waals surface area contributed by atoms with Crippen molar-refractivity contribution in [2.24, 2.45) is 0 Å². The molecule has 1 N–H and O–H groups in total. The summed E-state index contributed by atoms with van der Waals surface area (Å²) in [6.45, 7) is 6.42. The van der Waals surface area contributed by atoms with E-state index in [9.17, 15) is 4.79 Å². The fraction of sp³-hybridized carbons (Fsp3) is 0.909. The van der Waals surface area contributed by atoms with E-state index >= 15 is 0 Å². The lowest BCUT2D eigenvalue weighted by atomic mass is 10.1. The van der Waals surface area contributed by atoms with E-state index < -0.39 is 0 Å². The molecule has 14 heavy (non-hydrogen) atoms. The van der Waals surface area contributed by atoms with E-state index in [2.05, 4.69) is 24.2 Å². The van der Waals surface area contributed by atoms with Crippen LogP contribution in [0.2, 0.25) is 0 Å². The fourth-order valence-electron chi connectivity index (χ4n) is 1.44. The van der Waals surface area contributed by atoms with Gasteiger partial charge in [0.1, 0.15) is 0 Å². The zero-order chi connectivity index (χ0) is 10.8. The monoisotopic (exact) mass is 200 g/mol. The highest BCUT2D eigenvalue weighted by Gasteiger charge is 2.12. The maximum Gasteiger partial charge on any atom is 0.207 e. The van der Waals surface area contributed by atoms with Crippen molar-refractivity contribution in [3.05, 3.63) is 0 Å². The number of carbonyl (C=O) groups is 1. The average Bonchev–Trinajstić information content (AvgIpc) is 2.20. The van der Waals surface area contributed by atoms with Crippen molar-refractivity contribution < 1.29 is 4.79 Å². The van der Waals surface area contributed by atoms with Crippen molar-refractivity contribution in [3.8, 4) is 0 Å². The van der Waals surface area contributed by atoms with Gasteiger partial charge in [0, 0.05) is 12.6 Å². The first-order valence-electron chi connectivity index (χ1n) is 5.59. The molecule has 0 bridgehead atoms. The Bertz CT molecular complexity index is 129. The second-order valence-corrected chi connectivity index (χ2v) is 3.90. The minimum absolute atomic E-state index is 0.712.